The Morgan fingerprint density at radius 2 is 1.88 bits per heavy atom. The summed E-state index contributed by atoms with van der Waals surface area (Å²) in [7, 11) is 0. The molecule has 2 saturated carbocycles. The largest absolute Gasteiger partial charge is 0.390 e. The van der Waals surface area contributed by atoms with Crippen molar-refractivity contribution < 1.29 is 39.0 Å². The predicted molar refractivity (Wildman–Crippen MR) is 107 cm³/mol. The minimum atomic E-state index is -1.71. The maximum atomic E-state index is 13.3. The van der Waals surface area contributed by atoms with Gasteiger partial charge in [0.25, 0.3) is 11.8 Å². The molecule has 6 atom stereocenters. The van der Waals surface area contributed by atoms with E-state index in [1.165, 1.54) is 18.2 Å². The zero-order chi connectivity index (χ0) is 23.8. The Kier molecular flexibility index (Phi) is 4.56. The van der Waals surface area contributed by atoms with Gasteiger partial charge in [-0.2, -0.15) is 0 Å². The van der Waals surface area contributed by atoms with Gasteiger partial charge in [-0.05, 0) is 30.9 Å². The summed E-state index contributed by atoms with van der Waals surface area (Å²) in [5.74, 6) is -5.99. The molecule has 172 valence electrons. The van der Waals surface area contributed by atoms with Crippen LogP contribution in [0.1, 0.15) is 45.5 Å². The molecule has 2 bridgehead atoms. The Morgan fingerprint density at radius 3 is 2.52 bits per heavy atom. The molecule has 5 rings (SSSR count). The molecule has 2 heterocycles. The van der Waals surface area contributed by atoms with Gasteiger partial charge in [0.2, 0.25) is 17.7 Å². The van der Waals surface area contributed by atoms with E-state index in [9.17, 15) is 39.0 Å². The molecule has 11 nitrogen and oxygen atoms in total. The van der Waals surface area contributed by atoms with E-state index in [2.05, 4.69) is 5.32 Å². The van der Waals surface area contributed by atoms with Crippen LogP contribution in [0.25, 0.3) is 0 Å². The maximum Gasteiger partial charge on any atom is 0.262 e. The van der Waals surface area contributed by atoms with Gasteiger partial charge in [-0.1, -0.05) is 12.1 Å². The molecule has 2 aliphatic heterocycles. The SMILES string of the molecule is NC(=O)C1CC2C(=O)C1(Cc1cccc3c1C(=O)N(C1CCC(=O)NC1=O)C3=O)C(O)C2O. The van der Waals surface area contributed by atoms with Crippen LogP contribution in [0.4, 0.5) is 0 Å². The number of Topliss-reactive ketones (excluding diaryl/α,β-unsaturated/α-hetero) is 1. The zero-order valence-corrected chi connectivity index (χ0v) is 17.3. The number of primary amides is 1. The smallest absolute Gasteiger partial charge is 0.262 e. The zero-order valence-electron chi connectivity index (χ0n) is 17.3. The van der Waals surface area contributed by atoms with Gasteiger partial charge in [-0.15, -0.1) is 0 Å². The number of nitrogens with two attached hydrogens (primary N) is 1. The highest BCUT2D eigenvalue weighted by Gasteiger charge is 2.70. The number of carbonyl (C=O) groups excluding carboxylic acids is 6. The second kappa shape index (κ2) is 7.03. The number of imide groups is 2. The van der Waals surface area contributed by atoms with Crippen molar-refractivity contribution >= 4 is 35.3 Å². The first-order valence-electron chi connectivity index (χ1n) is 10.6. The van der Waals surface area contributed by atoms with Crippen LogP contribution in [0, 0.1) is 17.3 Å². The van der Waals surface area contributed by atoms with Crippen molar-refractivity contribution in [3.05, 3.63) is 34.9 Å². The van der Waals surface area contributed by atoms with Crippen LogP contribution < -0.4 is 11.1 Å². The van der Waals surface area contributed by atoms with E-state index in [-0.39, 0.29) is 42.4 Å². The Labute approximate surface area is 186 Å². The molecule has 33 heavy (non-hydrogen) atoms. The number of piperidine rings is 1. The van der Waals surface area contributed by atoms with Crippen molar-refractivity contribution in [3.63, 3.8) is 0 Å². The van der Waals surface area contributed by atoms with Gasteiger partial charge < -0.3 is 15.9 Å². The van der Waals surface area contributed by atoms with Crippen molar-refractivity contribution in [1.82, 2.24) is 10.2 Å². The molecule has 0 aromatic heterocycles. The van der Waals surface area contributed by atoms with Crippen LogP contribution in [-0.2, 0) is 25.6 Å². The second-order valence-corrected chi connectivity index (χ2v) is 9.10. The van der Waals surface area contributed by atoms with Gasteiger partial charge in [0.1, 0.15) is 11.8 Å². The summed E-state index contributed by atoms with van der Waals surface area (Å²) < 4.78 is 0. The number of nitrogens with zero attached hydrogens (tertiary/aromatic N) is 1. The van der Waals surface area contributed by atoms with Gasteiger partial charge in [0.05, 0.1) is 34.7 Å². The summed E-state index contributed by atoms with van der Waals surface area (Å²) in [5, 5.41) is 23.2. The summed E-state index contributed by atoms with van der Waals surface area (Å²) in [4.78, 5) is 76.2. The Balaban J connectivity index is 1.55. The topological polar surface area (TPSA) is 184 Å². The maximum absolute atomic E-state index is 13.3. The molecule has 1 aromatic rings. The van der Waals surface area contributed by atoms with Crippen molar-refractivity contribution in [1.29, 1.82) is 0 Å². The molecule has 3 fully saturated rings. The van der Waals surface area contributed by atoms with E-state index in [1.54, 1.807) is 0 Å². The molecule has 2 aliphatic carbocycles. The molecule has 1 saturated heterocycles. The third kappa shape index (κ3) is 2.69. The standard InChI is InChI=1S/C22H21N3O8/c23-18(30)11-6-10-15(27)17(29)22(11,16(10)28)7-8-2-1-3-9-14(8)21(33)25(20(9)32)12-4-5-13(26)24-19(12)31/h1-3,10-12,15,17,27,29H,4-7H2,(H2,23,30)(H,24,26,31). The number of ketones is 1. The quantitative estimate of drug-likeness (QED) is 0.377. The highest BCUT2D eigenvalue weighted by molar-refractivity contribution is 6.24. The molecule has 0 spiro atoms. The van der Waals surface area contributed by atoms with Crippen molar-refractivity contribution in [2.45, 2.75) is 43.9 Å². The number of hydrogen-bond acceptors (Lipinski definition) is 8. The highest BCUT2D eigenvalue weighted by atomic mass is 16.3. The fourth-order valence-corrected chi connectivity index (χ4v) is 5.99. The Bertz CT molecular complexity index is 1160. The average Bonchev–Trinajstić information content (AvgIpc) is 3.26. The van der Waals surface area contributed by atoms with Gasteiger partial charge >= 0.3 is 0 Å². The fourth-order valence-electron chi connectivity index (χ4n) is 5.99. The monoisotopic (exact) mass is 455 g/mol. The first-order valence-corrected chi connectivity index (χ1v) is 10.6. The predicted octanol–water partition coefficient (Wildman–Crippen LogP) is -1.96. The van der Waals surface area contributed by atoms with Gasteiger partial charge in [0.15, 0.2) is 0 Å². The number of fused-ring (bicyclic) bond motifs is 3. The van der Waals surface area contributed by atoms with Crippen molar-refractivity contribution in [3.8, 4) is 0 Å². The fraction of sp³-hybridized carbons (Fsp3) is 0.455. The number of aliphatic hydroxyl groups excluding tert-OH is 2. The molecule has 4 aliphatic rings. The average molecular weight is 455 g/mol. The number of hydrogen-bond donors (Lipinski definition) is 4. The first-order chi connectivity index (χ1) is 15.6. The summed E-state index contributed by atoms with van der Waals surface area (Å²) in [6.45, 7) is 0. The van der Waals surface area contributed by atoms with Crippen LogP contribution in [0.2, 0.25) is 0 Å². The van der Waals surface area contributed by atoms with E-state index in [4.69, 9.17) is 5.73 Å². The molecular formula is C22H21N3O8. The number of aliphatic hydroxyl groups is 2. The minimum Gasteiger partial charge on any atom is -0.390 e. The van der Waals surface area contributed by atoms with Gasteiger partial charge in [-0.25, -0.2) is 0 Å². The van der Waals surface area contributed by atoms with Crippen LogP contribution in [0.3, 0.4) is 0 Å². The van der Waals surface area contributed by atoms with E-state index in [0.717, 1.165) is 4.90 Å². The molecule has 5 N–H and O–H groups in total. The summed E-state index contributed by atoms with van der Waals surface area (Å²) in [6.07, 6.45) is -3.24. The number of benzene rings is 1. The highest BCUT2D eigenvalue weighted by Crippen LogP contribution is 2.57. The van der Waals surface area contributed by atoms with Crippen LogP contribution in [0.5, 0.6) is 0 Å². The summed E-state index contributed by atoms with van der Waals surface area (Å²) >= 11 is 0. The van der Waals surface area contributed by atoms with Crippen LogP contribution in [0.15, 0.2) is 18.2 Å². The van der Waals surface area contributed by atoms with E-state index in [0.29, 0.717) is 0 Å². The number of amides is 5. The minimum absolute atomic E-state index is 0.00328. The lowest BCUT2D eigenvalue weighted by Gasteiger charge is -2.37. The van der Waals surface area contributed by atoms with Gasteiger partial charge in [-0.3, -0.25) is 39.0 Å². The molecule has 6 unspecified atom stereocenters. The third-order valence-electron chi connectivity index (χ3n) is 7.55. The molecule has 5 amide bonds. The first kappa shape index (κ1) is 21.4. The van der Waals surface area contributed by atoms with E-state index in [1.807, 2.05) is 0 Å². The Morgan fingerprint density at radius 1 is 1.15 bits per heavy atom. The third-order valence-corrected chi connectivity index (χ3v) is 7.55. The lowest BCUT2D eigenvalue weighted by atomic mass is 9.67. The van der Waals surface area contributed by atoms with Gasteiger partial charge in [0, 0.05) is 12.3 Å². The summed E-state index contributed by atoms with van der Waals surface area (Å²) in [5.41, 5.74) is 4.02. The molecule has 0 radical (unpaired) electrons. The number of nitrogens with one attached hydrogen (secondary N) is 1. The van der Waals surface area contributed by atoms with Crippen LogP contribution >= 0.6 is 0 Å². The lowest BCUT2D eigenvalue weighted by molar-refractivity contribution is -0.141. The molecule has 11 heteroatoms. The van der Waals surface area contributed by atoms with E-state index < -0.39 is 70.8 Å². The Hall–Kier alpha value is -3.44. The van der Waals surface area contributed by atoms with Crippen molar-refractivity contribution in [2.24, 2.45) is 23.0 Å². The molecular weight excluding hydrogens is 434 g/mol. The summed E-state index contributed by atoms with van der Waals surface area (Å²) in [6, 6.07) is 3.25. The van der Waals surface area contributed by atoms with Crippen molar-refractivity contribution in [2.75, 3.05) is 0 Å². The second-order valence-electron chi connectivity index (χ2n) is 9.10. The van der Waals surface area contributed by atoms with Crippen LogP contribution in [-0.4, -0.2) is 68.7 Å². The number of carbonyl (C=O) groups is 6. The van der Waals surface area contributed by atoms with E-state index >= 15 is 0 Å². The lowest BCUT2D eigenvalue weighted by Crippen LogP contribution is -2.54. The normalized spacial score (nSPS) is 35.3. The molecule has 1 aromatic carbocycles. The number of rotatable bonds is 4.